The second kappa shape index (κ2) is 5.52. The van der Waals surface area contributed by atoms with Crippen molar-refractivity contribution in [3.05, 3.63) is 23.2 Å². The van der Waals surface area contributed by atoms with Crippen LogP contribution in [0.4, 0.5) is 5.69 Å². The molecular weight excluding hydrogens is 214 g/mol. The third-order valence-electron chi connectivity index (χ3n) is 2.19. The molecule has 0 radical (unpaired) electrons. The van der Waals surface area contributed by atoms with Crippen molar-refractivity contribution in [2.75, 3.05) is 5.73 Å². The minimum Gasteiger partial charge on any atom is -0.398 e. The van der Waals surface area contributed by atoms with Crippen LogP contribution in [-0.2, 0) is 0 Å². The average molecular weight is 230 g/mol. The van der Waals surface area contributed by atoms with Gasteiger partial charge in [0, 0.05) is 15.8 Å². The van der Waals surface area contributed by atoms with E-state index in [1.807, 2.05) is 18.2 Å². The molecule has 0 bridgehead atoms. The first-order valence-electron chi connectivity index (χ1n) is 4.89. The maximum Gasteiger partial charge on any atom is 0.0562 e. The summed E-state index contributed by atoms with van der Waals surface area (Å²) in [5, 5.41) is 1.37. The molecule has 0 unspecified atom stereocenters. The molecule has 0 fully saturated rings. The highest BCUT2D eigenvalue weighted by Gasteiger charge is 2.10. The molecule has 0 spiro atoms. The van der Waals surface area contributed by atoms with Crippen LogP contribution in [0.15, 0.2) is 23.1 Å². The topological polar surface area (TPSA) is 26.0 Å². The summed E-state index contributed by atoms with van der Waals surface area (Å²) in [4.78, 5) is 1.03. The van der Waals surface area contributed by atoms with Gasteiger partial charge in [-0.15, -0.1) is 11.8 Å². The van der Waals surface area contributed by atoms with Crippen molar-refractivity contribution in [2.45, 2.75) is 36.8 Å². The van der Waals surface area contributed by atoms with Gasteiger partial charge in [-0.25, -0.2) is 0 Å². The molecule has 14 heavy (non-hydrogen) atoms. The Balaban J connectivity index is 2.84. The zero-order chi connectivity index (χ0) is 10.6. The number of halogens is 1. The van der Waals surface area contributed by atoms with Crippen molar-refractivity contribution >= 4 is 29.1 Å². The maximum absolute atomic E-state index is 6.09. The molecule has 0 aliphatic heterocycles. The number of nitrogen functional groups attached to an aromatic ring is 1. The van der Waals surface area contributed by atoms with Gasteiger partial charge in [0.1, 0.15) is 0 Å². The summed E-state index contributed by atoms with van der Waals surface area (Å²) in [6, 6.07) is 5.67. The molecule has 0 saturated heterocycles. The fourth-order valence-corrected chi connectivity index (χ4v) is 2.64. The van der Waals surface area contributed by atoms with Crippen molar-refractivity contribution in [2.24, 2.45) is 0 Å². The largest absolute Gasteiger partial charge is 0.398 e. The maximum atomic E-state index is 6.09. The molecule has 1 nitrogen and oxygen atoms in total. The van der Waals surface area contributed by atoms with Gasteiger partial charge in [0.15, 0.2) is 0 Å². The predicted molar refractivity (Wildman–Crippen MR) is 66.1 cm³/mol. The van der Waals surface area contributed by atoms with Gasteiger partial charge >= 0.3 is 0 Å². The van der Waals surface area contributed by atoms with Gasteiger partial charge in [-0.2, -0.15) is 0 Å². The molecule has 1 aromatic rings. The van der Waals surface area contributed by atoms with E-state index in [4.69, 9.17) is 17.3 Å². The van der Waals surface area contributed by atoms with E-state index >= 15 is 0 Å². The first-order chi connectivity index (χ1) is 6.69. The minimum absolute atomic E-state index is 0.609. The summed E-state index contributed by atoms with van der Waals surface area (Å²) in [6.45, 7) is 4.38. The number of hydrogen-bond donors (Lipinski definition) is 1. The molecule has 2 N–H and O–H groups in total. The van der Waals surface area contributed by atoms with Crippen LogP contribution in [0.5, 0.6) is 0 Å². The average Bonchev–Trinajstić information content (AvgIpc) is 2.18. The summed E-state index contributed by atoms with van der Waals surface area (Å²) >= 11 is 7.87. The predicted octanol–water partition coefficient (Wildman–Crippen LogP) is 4.20. The zero-order valence-electron chi connectivity index (χ0n) is 8.59. The van der Waals surface area contributed by atoms with E-state index in [0.717, 1.165) is 28.4 Å². The van der Waals surface area contributed by atoms with E-state index in [2.05, 4.69) is 13.8 Å². The van der Waals surface area contributed by atoms with Crippen LogP contribution >= 0.6 is 23.4 Å². The molecule has 3 heteroatoms. The molecule has 1 rings (SSSR count). The van der Waals surface area contributed by atoms with E-state index in [1.54, 1.807) is 11.8 Å². The molecular formula is C11H16ClNS. The van der Waals surface area contributed by atoms with E-state index in [9.17, 15) is 0 Å². The highest BCUT2D eigenvalue weighted by Crippen LogP contribution is 2.36. The summed E-state index contributed by atoms with van der Waals surface area (Å²) in [5.41, 5.74) is 6.66. The van der Waals surface area contributed by atoms with E-state index in [1.165, 1.54) is 0 Å². The fourth-order valence-electron chi connectivity index (χ4n) is 1.27. The Kier molecular flexibility index (Phi) is 4.63. The fraction of sp³-hybridized carbons (Fsp3) is 0.455. The highest BCUT2D eigenvalue weighted by molar-refractivity contribution is 8.00. The molecule has 0 heterocycles. The van der Waals surface area contributed by atoms with Crippen LogP contribution in [0.1, 0.15) is 26.7 Å². The highest BCUT2D eigenvalue weighted by atomic mass is 35.5. The van der Waals surface area contributed by atoms with Crippen LogP contribution in [-0.4, -0.2) is 5.25 Å². The number of hydrogen-bond acceptors (Lipinski definition) is 2. The Morgan fingerprint density at radius 2 is 2.00 bits per heavy atom. The van der Waals surface area contributed by atoms with Gasteiger partial charge in [-0.05, 0) is 25.0 Å². The van der Waals surface area contributed by atoms with Crippen molar-refractivity contribution in [3.8, 4) is 0 Å². The van der Waals surface area contributed by atoms with Gasteiger partial charge in [-0.1, -0.05) is 31.5 Å². The van der Waals surface area contributed by atoms with Crippen molar-refractivity contribution in [1.82, 2.24) is 0 Å². The number of benzene rings is 1. The molecule has 0 saturated carbocycles. The summed E-state index contributed by atoms with van der Waals surface area (Å²) in [6.07, 6.45) is 2.29. The Morgan fingerprint density at radius 3 is 2.50 bits per heavy atom. The van der Waals surface area contributed by atoms with Gasteiger partial charge in [-0.3, -0.25) is 0 Å². The van der Waals surface area contributed by atoms with Crippen LogP contribution < -0.4 is 5.73 Å². The SMILES string of the molecule is CCC(CC)Sc1c(N)cccc1Cl. The molecule has 0 aliphatic rings. The number of rotatable bonds is 4. The Labute approximate surface area is 95.0 Å². The van der Waals surface area contributed by atoms with Crippen LogP contribution in [0.3, 0.4) is 0 Å². The van der Waals surface area contributed by atoms with Gasteiger partial charge in [0.05, 0.1) is 5.02 Å². The number of anilines is 1. The third kappa shape index (κ3) is 2.82. The van der Waals surface area contributed by atoms with Gasteiger partial charge in [0.25, 0.3) is 0 Å². The molecule has 0 aliphatic carbocycles. The van der Waals surface area contributed by atoms with Crippen LogP contribution in [0.25, 0.3) is 0 Å². The molecule has 1 aromatic carbocycles. The summed E-state index contributed by atoms with van der Waals surface area (Å²) in [7, 11) is 0. The lowest BCUT2D eigenvalue weighted by Crippen LogP contribution is -1.99. The lowest BCUT2D eigenvalue weighted by molar-refractivity contribution is 0.792. The summed E-state index contributed by atoms with van der Waals surface area (Å²) in [5.74, 6) is 0. The summed E-state index contributed by atoms with van der Waals surface area (Å²) < 4.78 is 0. The number of thioether (sulfide) groups is 1. The van der Waals surface area contributed by atoms with E-state index < -0.39 is 0 Å². The first-order valence-corrected chi connectivity index (χ1v) is 6.15. The first kappa shape index (κ1) is 11.7. The molecule has 78 valence electrons. The Bertz CT molecular complexity index is 277. The smallest absolute Gasteiger partial charge is 0.0562 e. The Morgan fingerprint density at radius 1 is 1.36 bits per heavy atom. The van der Waals surface area contributed by atoms with E-state index in [0.29, 0.717) is 5.25 Å². The normalized spacial score (nSPS) is 10.9. The van der Waals surface area contributed by atoms with Crippen LogP contribution in [0, 0.1) is 0 Å². The molecule has 0 amide bonds. The third-order valence-corrected chi connectivity index (χ3v) is 4.31. The van der Waals surface area contributed by atoms with Crippen molar-refractivity contribution in [3.63, 3.8) is 0 Å². The quantitative estimate of drug-likeness (QED) is 0.619. The standard InChI is InChI=1S/C11H16ClNS/c1-3-8(4-2)14-11-9(12)6-5-7-10(11)13/h5-8H,3-4,13H2,1-2H3. The van der Waals surface area contributed by atoms with Crippen molar-refractivity contribution < 1.29 is 0 Å². The minimum atomic E-state index is 0.609. The van der Waals surface area contributed by atoms with Crippen LogP contribution in [0.2, 0.25) is 5.02 Å². The van der Waals surface area contributed by atoms with Gasteiger partial charge < -0.3 is 5.73 Å². The monoisotopic (exact) mass is 229 g/mol. The van der Waals surface area contributed by atoms with Crippen molar-refractivity contribution in [1.29, 1.82) is 0 Å². The second-order valence-electron chi connectivity index (χ2n) is 3.21. The van der Waals surface area contributed by atoms with E-state index in [-0.39, 0.29) is 0 Å². The molecule has 0 atom stereocenters. The zero-order valence-corrected chi connectivity index (χ0v) is 10.2. The number of nitrogens with two attached hydrogens (primary N) is 1. The van der Waals surface area contributed by atoms with Gasteiger partial charge in [0.2, 0.25) is 0 Å². The molecule has 0 aromatic heterocycles. The second-order valence-corrected chi connectivity index (χ2v) is 4.93. The Hall–Kier alpha value is -0.340. The lowest BCUT2D eigenvalue weighted by atomic mass is 10.3. The lowest BCUT2D eigenvalue weighted by Gasteiger charge is -2.14.